The van der Waals surface area contributed by atoms with Gasteiger partial charge in [0.2, 0.25) is 11.8 Å². The van der Waals surface area contributed by atoms with Crippen LogP contribution in [0.25, 0.3) is 5.00 Å². The molecule has 0 radical (unpaired) electrons. The van der Waals surface area contributed by atoms with Crippen LogP contribution >= 0.6 is 11.3 Å². The Morgan fingerprint density at radius 1 is 1.20 bits per heavy atom. The number of methoxy groups -OCH3 is 1. The molecule has 0 amide bonds. The molecule has 0 aromatic carbocycles. The third kappa shape index (κ3) is 3.21. The van der Waals surface area contributed by atoms with Crippen molar-refractivity contribution < 1.29 is 9.13 Å². The highest BCUT2D eigenvalue weighted by atomic mass is 32.1. The monoisotopic (exact) mass is 361 g/mol. The number of nitrogens with one attached hydrogen (secondary N) is 1. The molecule has 132 valence electrons. The average Bonchev–Trinajstić information content (AvgIpc) is 3.07. The first-order chi connectivity index (χ1) is 11.9. The van der Waals surface area contributed by atoms with Gasteiger partial charge < -0.3 is 10.1 Å². The Hall–Kier alpha value is -2.48. The largest absolute Gasteiger partial charge is 0.481 e. The molecule has 3 aromatic rings. The van der Waals surface area contributed by atoms with E-state index in [0.29, 0.717) is 23.9 Å². The Morgan fingerprint density at radius 3 is 2.60 bits per heavy atom. The fourth-order valence-electron chi connectivity index (χ4n) is 2.61. The number of rotatable bonds is 5. The van der Waals surface area contributed by atoms with E-state index >= 15 is 0 Å². The highest BCUT2D eigenvalue weighted by Crippen LogP contribution is 2.32. The molecule has 0 aliphatic rings. The van der Waals surface area contributed by atoms with Gasteiger partial charge in [-0.2, -0.15) is 0 Å². The van der Waals surface area contributed by atoms with E-state index in [-0.39, 0.29) is 0 Å². The molecular weight excluding hydrogens is 341 g/mol. The van der Waals surface area contributed by atoms with Gasteiger partial charge in [-0.05, 0) is 44.9 Å². The minimum Gasteiger partial charge on any atom is -0.481 e. The van der Waals surface area contributed by atoms with E-state index in [1.807, 2.05) is 11.5 Å². The molecule has 0 aliphatic carbocycles. The van der Waals surface area contributed by atoms with Crippen molar-refractivity contribution in [2.24, 2.45) is 0 Å². The molecule has 0 aliphatic heterocycles. The van der Waals surface area contributed by atoms with Gasteiger partial charge in [0.1, 0.15) is 16.6 Å². The van der Waals surface area contributed by atoms with Crippen LogP contribution in [-0.2, 0) is 6.54 Å². The summed E-state index contributed by atoms with van der Waals surface area (Å²) in [7, 11) is 1.51. The third-order valence-electron chi connectivity index (χ3n) is 4.21. The zero-order chi connectivity index (χ0) is 18.1. The Bertz CT molecular complexity index is 918. The first-order valence-electron chi connectivity index (χ1n) is 7.83. The van der Waals surface area contributed by atoms with Gasteiger partial charge in [0.05, 0.1) is 13.3 Å². The molecule has 3 rings (SSSR count). The summed E-state index contributed by atoms with van der Waals surface area (Å²) in [5, 5.41) is 12.7. The molecule has 0 atom stereocenters. The fraction of sp³-hybridized carbons (Fsp3) is 0.353. The molecule has 0 unspecified atom stereocenters. The number of aryl methyl sites for hydroxylation is 2. The Balaban J connectivity index is 1.93. The van der Waals surface area contributed by atoms with Crippen molar-refractivity contribution in [3.63, 3.8) is 0 Å². The van der Waals surface area contributed by atoms with E-state index < -0.39 is 5.82 Å². The fourth-order valence-corrected chi connectivity index (χ4v) is 3.82. The van der Waals surface area contributed by atoms with E-state index in [1.54, 1.807) is 11.3 Å². The van der Waals surface area contributed by atoms with Gasteiger partial charge in [-0.3, -0.25) is 4.57 Å². The van der Waals surface area contributed by atoms with Gasteiger partial charge >= 0.3 is 0 Å². The maximum Gasteiger partial charge on any atom is 0.230 e. The summed E-state index contributed by atoms with van der Waals surface area (Å²) in [6.07, 6.45) is 1.13. The van der Waals surface area contributed by atoms with Gasteiger partial charge in [0.15, 0.2) is 0 Å². The smallest absolute Gasteiger partial charge is 0.230 e. The molecule has 0 fully saturated rings. The van der Waals surface area contributed by atoms with Crippen LogP contribution in [-0.4, -0.2) is 26.9 Å². The number of hydrogen-bond donors (Lipinski definition) is 1. The maximum absolute atomic E-state index is 13.5. The normalized spacial score (nSPS) is 11.0. The molecule has 3 aromatic heterocycles. The van der Waals surface area contributed by atoms with Crippen LogP contribution in [0.2, 0.25) is 0 Å². The van der Waals surface area contributed by atoms with E-state index in [4.69, 9.17) is 4.74 Å². The van der Waals surface area contributed by atoms with Crippen molar-refractivity contribution in [1.29, 1.82) is 0 Å². The second-order valence-electron chi connectivity index (χ2n) is 5.80. The minimum atomic E-state index is -0.407. The van der Waals surface area contributed by atoms with Crippen molar-refractivity contribution in [2.45, 2.75) is 34.2 Å². The van der Waals surface area contributed by atoms with E-state index in [2.05, 4.69) is 41.3 Å². The summed E-state index contributed by atoms with van der Waals surface area (Å²) in [5.41, 5.74) is 3.10. The summed E-state index contributed by atoms with van der Waals surface area (Å²) in [5.74, 6) is 1.37. The third-order valence-corrected chi connectivity index (χ3v) is 5.51. The second kappa shape index (κ2) is 6.79. The molecule has 0 saturated carbocycles. The van der Waals surface area contributed by atoms with Crippen LogP contribution in [0.1, 0.15) is 27.4 Å². The molecule has 0 saturated heterocycles. The second-order valence-corrected chi connectivity index (χ2v) is 7.00. The highest BCUT2D eigenvalue weighted by Gasteiger charge is 2.17. The number of aromatic nitrogens is 4. The van der Waals surface area contributed by atoms with E-state index in [1.165, 1.54) is 29.2 Å². The molecule has 6 nitrogen and oxygen atoms in total. The van der Waals surface area contributed by atoms with Crippen LogP contribution in [0.15, 0.2) is 12.3 Å². The molecular formula is C17H20FN5OS. The molecule has 0 bridgehead atoms. The predicted octanol–water partition coefficient (Wildman–Crippen LogP) is 3.72. The zero-order valence-electron chi connectivity index (χ0n) is 14.8. The number of hydrogen-bond acceptors (Lipinski definition) is 6. The lowest BCUT2D eigenvalue weighted by Gasteiger charge is -2.11. The number of halogens is 1. The van der Waals surface area contributed by atoms with E-state index in [0.717, 1.165) is 17.0 Å². The van der Waals surface area contributed by atoms with Crippen molar-refractivity contribution in [1.82, 2.24) is 19.7 Å². The Morgan fingerprint density at radius 2 is 1.96 bits per heavy atom. The Labute approximate surface area is 149 Å². The highest BCUT2D eigenvalue weighted by molar-refractivity contribution is 7.14. The molecule has 25 heavy (non-hydrogen) atoms. The first-order valence-corrected chi connectivity index (χ1v) is 8.65. The number of nitrogens with zero attached hydrogens (tertiary/aromatic N) is 4. The lowest BCUT2D eigenvalue weighted by atomic mass is 10.2. The average molecular weight is 361 g/mol. The number of anilines is 1. The minimum absolute atomic E-state index is 0.328. The van der Waals surface area contributed by atoms with Gasteiger partial charge in [-0.15, -0.1) is 21.5 Å². The maximum atomic E-state index is 13.5. The number of thiophene rings is 1. The molecule has 8 heteroatoms. The van der Waals surface area contributed by atoms with Gasteiger partial charge in [0, 0.05) is 17.0 Å². The summed E-state index contributed by atoms with van der Waals surface area (Å²) < 4.78 is 20.7. The Kier molecular flexibility index (Phi) is 4.71. The lowest BCUT2D eigenvalue weighted by Crippen LogP contribution is -2.09. The van der Waals surface area contributed by atoms with Gasteiger partial charge in [0.25, 0.3) is 0 Å². The molecule has 0 spiro atoms. The van der Waals surface area contributed by atoms with Crippen LogP contribution in [0, 0.1) is 33.5 Å². The summed E-state index contributed by atoms with van der Waals surface area (Å²) in [4.78, 5) is 5.21. The van der Waals surface area contributed by atoms with Crippen LogP contribution in [0.3, 0.4) is 0 Å². The number of pyridine rings is 1. The van der Waals surface area contributed by atoms with Crippen molar-refractivity contribution in [3.05, 3.63) is 45.5 Å². The topological polar surface area (TPSA) is 64.9 Å². The molecule has 3 heterocycles. The van der Waals surface area contributed by atoms with Crippen molar-refractivity contribution in [3.8, 4) is 10.9 Å². The van der Waals surface area contributed by atoms with Crippen molar-refractivity contribution >= 4 is 17.3 Å². The first kappa shape index (κ1) is 17.3. The van der Waals surface area contributed by atoms with Crippen molar-refractivity contribution in [2.75, 3.05) is 12.4 Å². The number of ether oxygens (including phenoxy) is 1. The zero-order valence-corrected chi connectivity index (χ0v) is 15.7. The quantitative estimate of drug-likeness (QED) is 0.750. The van der Waals surface area contributed by atoms with Gasteiger partial charge in [-0.1, -0.05) is 0 Å². The molecule has 1 N–H and O–H groups in total. The lowest BCUT2D eigenvalue weighted by molar-refractivity contribution is 0.391. The van der Waals surface area contributed by atoms with Crippen LogP contribution < -0.4 is 10.1 Å². The van der Waals surface area contributed by atoms with Crippen LogP contribution in [0.5, 0.6) is 5.88 Å². The summed E-state index contributed by atoms with van der Waals surface area (Å²) >= 11 is 1.70. The standard InChI is InChI=1S/C17H20FN5OS/c1-9-10(2)16(25-11(9)3)23-12(4)21-22-17(23)20-7-13-6-14(18)8-19-15(13)24-5/h6,8H,7H2,1-5H3,(H,20,22). The van der Waals surface area contributed by atoms with E-state index in [9.17, 15) is 4.39 Å². The summed E-state index contributed by atoms with van der Waals surface area (Å²) in [6, 6.07) is 1.40. The van der Waals surface area contributed by atoms with Crippen LogP contribution in [0.4, 0.5) is 10.3 Å². The SMILES string of the molecule is COc1ncc(F)cc1CNc1nnc(C)n1-c1sc(C)c(C)c1C. The van der Waals surface area contributed by atoms with Gasteiger partial charge in [-0.25, -0.2) is 9.37 Å². The summed E-state index contributed by atoms with van der Waals surface area (Å²) in [6.45, 7) is 8.55. The predicted molar refractivity (Wildman–Crippen MR) is 96.3 cm³/mol.